The second-order valence-corrected chi connectivity index (χ2v) is 7.68. The van der Waals surface area contributed by atoms with Gasteiger partial charge in [0.15, 0.2) is 11.0 Å². The van der Waals surface area contributed by atoms with Crippen LogP contribution in [-0.4, -0.2) is 41.5 Å². The SMILES string of the molecule is COc1ccc(S(=O)n2cc(C#N)c3ccccc32)cc1N1CCNCC1. The summed E-state index contributed by atoms with van der Waals surface area (Å²) < 4.78 is 20.5. The van der Waals surface area contributed by atoms with Crippen molar-refractivity contribution < 1.29 is 8.95 Å². The molecular weight excluding hydrogens is 360 g/mol. The zero-order chi connectivity index (χ0) is 18.8. The maximum Gasteiger partial charge on any atom is 0.157 e. The van der Waals surface area contributed by atoms with Crippen LogP contribution in [0.3, 0.4) is 0 Å². The summed E-state index contributed by atoms with van der Waals surface area (Å²) in [5.41, 5.74) is 2.25. The van der Waals surface area contributed by atoms with Crippen molar-refractivity contribution in [2.45, 2.75) is 4.90 Å². The van der Waals surface area contributed by atoms with Gasteiger partial charge in [-0.15, -0.1) is 0 Å². The van der Waals surface area contributed by atoms with Crippen LogP contribution in [0, 0.1) is 11.3 Å². The van der Waals surface area contributed by atoms with E-state index in [1.807, 2.05) is 42.5 Å². The van der Waals surface area contributed by atoms with Gasteiger partial charge < -0.3 is 15.0 Å². The Morgan fingerprint density at radius 3 is 2.70 bits per heavy atom. The Morgan fingerprint density at radius 1 is 1.19 bits per heavy atom. The van der Waals surface area contributed by atoms with Gasteiger partial charge >= 0.3 is 0 Å². The third-order valence-electron chi connectivity index (χ3n) is 4.79. The van der Waals surface area contributed by atoms with Crippen LogP contribution < -0.4 is 15.0 Å². The van der Waals surface area contributed by atoms with Gasteiger partial charge in [-0.25, -0.2) is 4.21 Å². The van der Waals surface area contributed by atoms with Crippen molar-refractivity contribution in [3.8, 4) is 11.8 Å². The molecule has 2 heterocycles. The first-order chi connectivity index (χ1) is 13.2. The van der Waals surface area contributed by atoms with Crippen LogP contribution in [-0.2, 0) is 11.0 Å². The molecule has 0 aliphatic carbocycles. The van der Waals surface area contributed by atoms with E-state index >= 15 is 0 Å². The number of fused-ring (bicyclic) bond motifs is 1. The molecule has 1 N–H and O–H groups in total. The Labute approximate surface area is 160 Å². The molecule has 1 fully saturated rings. The number of rotatable bonds is 4. The molecule has 1 aromatic heterocycles. The second kappa shape index (κ2) is 7.43. The van der Waals surface area contributed by atoms with Crippen LogP contribution in [0.2, 0.25) is 0 Å². The number of nitrogens with one attached hydrogen (secondary N) is 1. The van der Waals surface area contributed by atoms with Gasteiger partial charge in [-0.2, -0.15) is 5.26 Å². The van der Waals surface area contributed by atoms with Crippen molar-refractivity contribution in [3.05, 3.63) is 54.2 Å². The van der Waals surface area contributed by atoms with Crippen molar-refractivity contribution in [1.29, 1.82) is 5.26 Å². The summed E-state index contributed by atoms with van der Waals surface area (Å²) in [6, 6.07) is 15.3. The topological polar surface area (TPSA) is 70.3 Å². The van der Waals surface area contributed by atoms with E-state index < -0.39 is 11.0 Å². The van der Waals surface area contributed by atoms with Gasteiger partial charge in [0, 0.05) is 37.8 Å². The zero-order valence-corrected chi connectivity index (χ0v) is 15.8. The minimum absolute atomic E-state index is 0.523. The quantitative estimate of drug-likeness (QED) is 0.753. The van der Waals surface area contributed by atoms with E-state index in [0.29, 0.717) is 10.5 Å². The first-order valence-electron chi connectivity index (χ1n) is 8.79. The molecule has 1 unspecified atom stereocenters. The minimum atomic E-state index is -1.46. The zero-order valence-electron chi connectivity index (χ0n) is 15.0. The fourth-order valence-corrected chi connectivity index (χ4v) is 4.58. The first-order valence-corrected chi connectivity index (χ1v) is 9.90. The van der Waals surface area contributed by atoms with E-state index in [-0.39, 0.29) is 0 Å². The number of hydrogen-bond acceptors (Lipinski definition) is 5. The summed E-state index contributed by atoms with van der Waals surface area (Å²) in [6.45, 7) is 3.56. The lowest BCUT2D eigenvalue weighted by molar-refractivity contribution is 0.412. The Bertz CT molecular complexity index is 1050. The molecule has 0 spiro atoms. The predicted octanol–water partition coefficient (Wildman–Crippen LogP) is 2.50. The summed E-state index contributed by atoms with van der Waals surface area (Å²) in [5, 5.41) is 13.5. The Hall–Kier alpha value is -2.82. The van der Waals surface area contributed by atoms with Crippen molar-refractivity contribution in [2.24, 2.45) is 0 Å². The molecule has 0 amide bonds. The molecule has 27 heavy (non-hydrogen) atoms. The number of aromatic nitrogens is 1. The minimum Gasteiger partial charge on any atom is -0.495 e. The van der Waals surface area contributed by atoms with Crippen molar-refractivity contribution in [1.82, 2.24) is 9.29 Å². The number of para-hydroxylation sites is 1. The van der Waals surface area contributed by atoms with Crippen LogP contribution in [0.1, 0.15) is 5.56 Å². The van der Waals surface area contributed by atoms with Crippen LogP contribution in [0.15, 0.2) is 53.6 Å². The molecule has 0 radical (unpaired) electrons. The van der Waals surface area contributed by atoms with E-state index in [1.54, 1.807) is 17.3 Å². The first kappa shape index (κ1) is 17.6. The third kappa shape index (κ3) is 3.18. The Balaban J connectivity index is 1.78. The van der Waals surface area contributed by atoms with Crippen LogP contribution in [0.5, 0.6) is 5.75 Å². The van der Waals surface area contributed by atoms with Gasteiger partial charge in [0.2, 0.25) is 0 Å². The molecular formula is C20H20N4O2S. The lowest BCUT2D eigenvalue weighted by Crippen LogP contribution is -2.43. The Morgan fingerprint density at radius 2 is 1.96 bits per heavy atom. The normalized spacial score (nSPS) is 15.5. The lowest BCUT2D eigenvalue weighted by atomic mass is 10.2. The molecule has 138 valence electrons. The van der Waals surface area contributed by atoms with E-state index in [1.165, 1.54) is 0 Å². The maximum atomic E-state index is 13.3. The highest BCUT2D eigenvalue weighted by atomic mass is 32.2. The number of nitriles is 1. The van der Waals surface area contributed by atoms with Gasteiger partial charge in [0.25, 0.3) is 0 Å². The summed E-state index contributed by atoms with van der Waals surface area (Å²) >= 11 is 0. The molecule has 7 heteroatoms. The highest BCUT2D eigenvalue weighted by molar-refractivity contribution is 7.83. The number of ether oxygens (including phenoxy) is 1. The molecule has 1 aliphatic rings. The summed E-state index contributed by atoms with van der Waals surface area (Å²) in [5.74, 6) is 0.771. The molecule has 1 saturated heterocycles. The summed E-state index contributed by atoms with van der Waals surface area (Å²) in [6.07, 6.45) is 1.66. The van der Waals surface area contributed by atoms with Gasteiger partial charge in [-0.1, -0.05) is 18.2 Å². The number of nitrogens with zero attached hydrogens (tertiary/aromatic N) is 3. The predicted molar refractivity (Wildman–Crippen MR) is 107 cm³/mol. The molecule has 4 rings (SSSR count). The standard InChI is InChI=1S/C20H20N4O2S/c1-26-20-7-6-16(12-19(20)23-10-8-22-9-11-23)27(25)24-14-15(13-21)17-4-2-3-5-18(17)24/h2-7,12,14,22H,8-11H2,1H3. The average molecular weight is 380 g/mol. The molecule has 6 nitrogen and oxygen atoms in total. The summed E-state index contributed by atoms with van der Waals surface area (Å²) in [4.78, 5) is 2.92. The van der Waals surface area contributed by atoms with Crippen LogP contribution >= 0.6 is 0 Å². The smallest absolute Gasteiger partial charge is 0.157 e. The lowest BCUT2D eigenvalue weighted by Gasteiger charge is -2.30. The number of piperazine rings is 1. The number of methoxy groups -OCH3 is 1. The molecule has 1 aliphatic heterocycles. The second-order valence-electron chi connectivity index (χ2n) is 6.32. The fraction of sp³-hybridized carbons (Fsp3) is 0.250. The van der Waals surface area contributed by atoms with Crippen LogP contribution in [0.4, 0.5) is 5.69 Å². The van der Waals surface area contributed by atoms with Crippen molar-refractivity contribution in [3.63, 3.8) is 0 Å². The fourth-order valence-electron chi connectivity index (χ4n) is 3.42. The van der Waals surface area contributed by atoms with Gasteiger partial charge in [0.05, 0.1) is 28.8 Å². The highest BCUT2D eigenvalue weighted by Gasteiger charge is 2.19. The number of hydrogen-bond donors (Lipinski definition) is 1. The number of benzene rings is 2. The molecule has 3 aromatic rings. The van der Waals surface area contributed by atoms with Crippen molar-refractivity contribution in [2.75, 3.05) is 38.2 Å². The number of anilines is 1. The average Bonchev–Trinajstić information content (AvgIpc) is 3.12. The van der Waals surface area contributed by atoms with E-state index in [2.05, 4.69) is 16.3 Å². The summed E-state index contributed by atoms with van der Waals surface area (Å²) in [7, 11) is 0.190. The maximum absolute atomic E-state index is 13.3. The molecule has 1 atom stereocenters. The highest BCUT2D eigenvalue weighted by Crippen LogP contribution is 2.32. The van der Waals surface area contributed by atoms with E-state index in [0.717, 1.165) is 48.5 Å². The van der Waals surface area contributed by atoms with E-state index in [4.69, 9.17) is 4.74 Å². The van der Waals surface area contributed by atoms with Gasteiger partial charge in [-0.3, -0.25) is 3.97 Å². The van der Waals surface area contributed by atoms with Gasteiger partial charge in [0.1, 0.15) is 11.8 Å². The van der Waals surface area contributed by atoms with Gasteiger partial charge in [-0.05, 0) is 24.3 Å². The third-order valence-corrected chi connectivity index (χ3v) is 6.10. The van der Waals surface area contributed by atoms with E-state index in [9.17, 15) is 9.47 Å². The molecule has 0 bridgehead atoms. The molecule has 2 aromatic carbocycles. The monoisotopic (exact) mass is 380 g/mol. The van der Waals surface area contributed by atoms with Crippen molar-refractivity contribution >= 4 is 27.6 Å². The molecule has 0 saturated carbocycles. The Kier molecular flexibility index (Phi) is 4.84. The largest absolute Gasteiger partial charge is 0.495 e. The van der Waals surface area contributed by atoms with Crippen LogP contribution in [0.25, 0.3) is 10.9 Å².